The van der Waals surface area contributed by atoms with Crippen molar-refractivity contribution in [1.29, 1.82) is 0 Å². The molecule has 4 aliphatic carbocycles. The van der Waals surface area contributed by atoms with E-state index in [2.05, 4.69) is 26.1 Å². The minimum absolute atomic E-state index is 0.0127. The first-order valence-electron chi connectivity index (χ1n) is 16.0. The van der Waals surface area contributed by atoms with Gasteiger partial charge in [0, 0.05) is 47.8 Å². The van der Waals surface area contributed by atoms with E-state index >= 15 is 0 Å². The van der Waals surface area contributed by atoms with Gasteiger partial charge in [0.1, 0.15) is 22.8 Å². The molecule has 1 aromatic carbocycles. The number of rotatable bonds is 7. The van der Waals surface area contributed by atoms with Gasteiger partial charge in [-0.05, 0) is 63.2 Å². The van der Waals surface area contributed by atoms with Crippen molar-refractivity contribution in [3.8, 4) is 5.75 Å². The molecule has 11 nitrogen and oxygen atoms in total. The SMILES string of the molecule is CN(C)c1cc(NCC2CCCCC2SC(C)(C)C)c(O)c2c1C[C@H]1C[C@H]3[C@H](N(C)C)C(O)=C(C(N)=O)C(=O)[C@@]3(O)C(O)=C1C2=O. The van der Waals surface area contributed by atoms with Gasteiger partial charge in [-0.1, -0.05) is 33.6 Å². The molecule has 6 atom stereocenters. The number of benzene rings is 1. The summed E-state index contributed by atoms with van der Waals surface area (Å²) in [6.45, 7) is 7.28. The van der Waals surface area contributed by atoms with Gasteiger partial charge in [0.25, 0.3) is 5.91 Å². The number of anilines is 2. The van der Waals surface area contributed by atoms with E-state index in [9.17, 15) is 34.8 Å². The number of nitrogens with zero attached hydrogens (tertiary/aromatic N) is 2. The van der Waals surface area contributed by atoms with Gasteiger partial charge >= 0.3 is 0 Å². The lowest BCUT2D eigenvalue weighted by Crippen LogP contribution is -2.63. The average molecular weight is 657 g/mol. The third-order valence-corrected chi connectivity index (χ3v) is 11.7. The number of aliphatic hydroxyl groups excluding tert-OH is 2. The van der Waals surface area contributed by atoms with Crippen molar-refractivity contribution in [2.75, 3.05) is 45.0 Å². The summed E-state index contributed by atoms with van der Waals surface area (Å²) >= 11 is 1.98. The highest BCUT2D eigenvalue weighted by Crippen LogP contribution is 2.54. The number of amides is 1. The molecule has 0 saturated heterocycles. The number of Topliss-reactive ketones (excluding diaryl/α,β-unsaturated/α-hetero) is 2. The molecule has 4 aliphatic rings. The van der Waals surface area contributed by atoms with Crippen molar-refractivity contribution in [2.24, 2.45) is 23.5 Å². The third kappa shape index (κ3) is 5.56. The normalized spacial score (nSPS) is 29.8. The second-order valence-corrected chi connectivity index (χ2v) is 16.8. The van der Waals surface area contributed by atoms with Crippen LogP contribution in [-0.2, 0) is 16.0 Å². The van der Waals surface area contributed by atoms with Crippen LogP contribution >= 0.6 is 11.8 Å². The molecular weight excluding hydrogens is 608 g/mol. The number of nitrogens with one attached hydrogen (secondary N) is 1. The Kier molecular flexibility index (Phi) is 8.98. The standard InChI is InChI=1S/C34H48N4O7S/c1-33(2,3)46-22-11-9-8-10-16(22)15-36-20-14-21(37(4)5)18-12-17-13-19-26(38(6)7)29(41)25(32(35)44)31(43)34(19,45)30(42)23(17)28(40)24(18)27(20)39/h14,16-17,19,22,26,36,39,41-42,45H,8-13,15H2,1-7H3,(H2,35,44)/t16?,17-,19-,22?,26-,34-/m0/s1. The van der Waals surface area contributed by atoms with Crippen molar-refractivity contribution in [1.82, 2.24) is 4.90 Å². The average Bonchev–Trinajstić information content (AvgIpc) is 2.94. The van der Waals surface area contributed by atoms with Crippen molar-refractivity contribution in [2.45, 2.75) is 80.9 Å². The maximum absolute atomic E-state index is 14.3. The topological polar surface area (TPSA) is 177 Å². The number of carbonyl (C=O) groups is 3. The number of hydrogen-bond donors (Lipinski definition) is 6. The number of likely N-dealkylation sites (N-methyl/N-ethyl adjacent to an activating group) is 1. The summed E-state index contributed by atoms with van der Waals surface area (Å²) in [5.74, 6) is -6.18. The molecule has 46 heavy (non-hydrogen) atoms. The summed E-state index contributed by atoms with van der Waals surface area (Å²) < 4.78 is 0.118. The number of phenols is 1. The van der Waals surface area contributed by atoms with Crippen LogP contribution in [0.2, 0.25) is 0 Å². The van der Waals surface area contributed by atoms with Crippen LogP contribution in [0.4, 0.5) is 11.4 Å². The number of nitrogens with two attached hydrogens (primary N) is 1. The van der Waals surface area contributed by atoms with E-state index in [1.165, 1.54) is 6.42 Å². The summed E-state index contributed by atoms with van der Waals surface area (Å²) in [6, 6.07) is 0.823. The van der Waals surface area contributed by atoms with Gasteiger partial charge in [-0.3, -0.25) is 19.3 Å². The van der Waals surface area contributed by atoms with E-state index in [1.807, 2.05) is 36.8 Å². The smallest absolute Gasteiger partial charge is 0.255 e. The lowest BCUT2D eigenvalue weighted by molar-refractivity contribution is -0.148. The largest absolute Gasteiger partial charge is 0.510 e. The molecule has 0 spiro atoms. The van der Waals surface area contributed by atoms with E-state index in [1.54, 1.807) is 19.0 Å². The van der Waals surface area contributed by atoms with E-state index in [0.717, 1.165) is 24.9 Å². The van der Waals surface area contributed by atoms with Gasteiger partial charge in [0.2, 0.25) is 5.78 Å². The minimum atomic E-state index is -2.67. The summed E-state index contributed by atoms with van der Waals surface area (Å²) in [6.07, 6.45) is 4.81. The monoisotopic (exact) mass is 656 g/mol. The Morgan fingerprint density at radius 1 is 1.11 bits per heavy atom. The van der Waals surface area contributed by atoms with Crippen molar-refractivity contribution in [3.63, 3.8) is 0 Å². The molecule has 0 aliphatic heterocycles. The fourth-order valence-electron chi connectivity index (χ4n) is 8.09. The molecule has 7 N–H and O–H groups in total. The van der Waals surface area contributed by atoms with Gasteiger partial charge in [-0.2, -0.15) is 11.8 Å². The molecule has 1 amide bonds. The van der Waals surface area contributed by atoms with Crippen LogP contribution in [0.15, 0.2) is 28.7 Å². The number of fused-ring (bicyclic) bond motifs is 3. The maximum Gasteiger partial charge on any atom is 0.255 e. The van der Waals surface area contributed by atoms with Crippen molar-refractivity contribution in [3.05, 3.63) is 39.9 Å². The van der Waals surface area contributed by atoms with E-state index in [4.69, 9.17) is 5.73 Å². The number of primary amides is 1. The summed E-state index contributed by atoms with van der Waals surface area (Å²) in [5.41, 5.74) is 3.55. The molecule has 0 heterocycles. The Morgan fingerprint density at radius 2 is 1.76 bits per heavy atom. The first-order chi connectivity index (χ1) is 21.4. The summed E-state index contributed by atoms with van der Waals surface area (Å²) in [5, 5.41) is 50.1. The van der Waals surface area contributed by atoms with Gasteiger partial charge in [-0.15, -0.1) is 0 Å². The molecule has 2 unspecified atom stereocenters. The Hall–Kier alpha value is -3.22. The minimum Gasteiger partial charge on any atom is -0.510 e. The predicted octanol–water partition coefficient (Wildman–Crippen LogP) is 3.69. The molecule has 5 rings (SSSR count). The quantitative estimate of drug-likeness (QED) is 0.186. The van der Waals surface area contributed by atoms with Gasteiger partial charge in [0.05, 0.1) is 17.3 Å². The second-order valence-electron chi connectivity index (χ2n) is 14.7. The molecule has 0 aromatic heterocycles. The summed E-state index contributed by atoms with van der Waals surface area (Å²) in [7, 11) is 6.94. The molecule has 0 bridgehead atoms. The van der Waals surface area contributed by atoms with E-state index in [-0.39, 0.29) is 34.5 Å². The van der Waals surface area contributed by atoms with Crippen molar-refractivity contribution < 1.29 is 34.8 Å². The lowest BCUT2D eigenvalue weighted by atomic mass is 9.58. The van der Waals surface area contributed by atoms with Gasteiger partial charge < -0.3 is 36.4 Å². The van der Waals surface area contributed by atoms with Crippen molar-refractivity contribution >= 4 is 40.6 Å². The number of phenolic OH excluding ortho intramolecular Hbond substituents is 1. The molecule has 0 radical (unpaired) electrons. The Morgan fingerprint density at radius 3 is 2.35 bits per heavy atom. The molecule has 1 fully saturated rings. The number of aromatic hydroxyl groups is 1. The molecule has 1 saturated carbocycles. The van der Waals surface area contributed by atoms with E-state index in [0.29, 0.717) is 29.0 Å². The van der Waals surface area contributed by atoms with Crippen LogP contribution in [0.25, 0.3) is 0 Å². The van der Waals surface area contributed by atoms with Crippen LogP contribution in [-0.4, -0.2) is 99.2 Å². The Balaban J connectivity index is 1.57. The van der Waals surface area contributed by atoms with Crippen LogP contribution < -0.4 is 16.0 Å². The lowest BCUT2D eigenvalue weighted by Gasteiger charge is -2.50. The van der Waals surface area contributed by atoms with Crippen LogP contribution in [0.5, 0.6) is 5.75 Å². The third-order valence-electron chi connectivity index (χ3n) is 10.1. The highest BCUT2D eigenvalue weighted by Gasteiger charge is 2.63. The molecule has 1 aromatic rings. The Labute approximate surface area is 274 Å². The number of aliphatic hydroxyl groups is 3. The molecule has 252 valence electrons. The molecular formula is C34H48N4O7S. The van der Waals surface area contributed by atoms with Crippen LogP contribution in [0, 0.1) is 17.8 Å². The number of allylic oxidation sites excluding steroid dienone is 1. The number of ketones is 2. The van der Waals surface area contributed by atoms with Gasteiger partial charge in [0.15, 0.2) is 11.4 Å². The van der Waals surface area contributed by atoms with E-state index < -0.39 is 58.0 Å². The Bertz CT molecular complexity index is 1530. The van der Waals surface area contributed by atoms with Crippen LogP contribution in [0.1, 0.15) is 68.8 Å². The highest BCUT2D eigenvalue weighted by molar-refractivity contribution is 8.01. The second kappa shape index (κ2) is 12.1. The first kappa shape index (κ1) is 34.1. The fraction of sp³-hybridized carbons (Fsp3) is 0.618. The predicted molar refractivity (Wildman–Crippen MR) is 180 cm³/mol. The number of hydrogen-bond acceptors (Lipinski definition) is 11. The zero-order valence-corrected chi connectivity index (χ0v) is 28.6. The number of thioether (sulfide) groups is 1. The first-order valence-corrected chi connectivity index (χ1v) is 16.9. The highest BCUT2D eigenvalue weighted by atomic mass is 32.2. The fourth-order valence-corrected chi connectivity index (χ4v) is 9.71. The maximum atomic E-state index is 14.3. The zero-order chi connectivity index (χ0) is 34.0. The van der Waals surface area contributed by atoms with Crippen LogP contribution in [0.3, 0.4) is 0 Å². The number of carbonyl (C=O) groups excluding carboxylic acids is 3. The zero-order valence-electron chi connectivity index (χ0n) is 27.8. The summed E-state index contributed by atoms with van der Waals surface area (Å²) in [4.78, 5) is 43.6. The molecule has 12 heteroatoms. The van der Waals surface area contributed by atoms with Gasteiger partial charge in [-0.25, -0.2) is 0 Å².